The fourth-order valence-electron chi connectivity index (χ4n) is 2.99. The third kappa shape index (κ3) is 1.64. The average Bonchev–Trinajstić information content (AvgIpc) is 3.05. The number of aromatic nitrogens is 3. The van der Waals surface area contributed by atoms with E-state index in [0.29, 0.717) is 11.3 Å². The highest BCUT2D eigenvalue weighted by atomic mass is 16.1. The van der Waals surface area contributed by atoms with Crippen molar-refractivity contribution in [2.24, 2.45) is 7.05 Å². The molecule has 0 N–H and O–H groups in total. The molecule has 0 aliphatic rings. The van der Waals surface area contributed by atoms with Crippen LogP contribution in [0.5, 0.6) is 0 Å². The van der Waals surface area contributed by atoms with E-state index in [-0.39, 0.29) is 5.78 Å². The fourth-order valence-corrected chi connectivity index (χ4v) is 2.99. The van der Waals surface area contributed by atoms with E-state index in [0.717, 1.165) is 22.5 Å². The Bertz CT molecular complexity index is 1010. The van der Waals surface area contributed by atoms with Crippen LogP contribution in [0.2, 0.25) is 0 Å². The maximum Gasteiger partial charge on any atom is 0.215 e. The van der Waals surface area contributed by atoms with Crippen molar-refractivity contribution in [3.63, 3.8) is 0 Å². The van der Waals surface area contributed by atoms with Crippen LogP contribution in [0.1, 0.15) is 21.7 Å². The summed E-state index contributed by atoms with van der Waals surface area (Å²) in [7, 11) is 1.97. The van der Waals surface area contributed by atoms with Gasteiger partial charge in [-0.05, 0) is 19.1 Å². The topological polar surface area (TPSA) is 39.3 Å². The van der Waals surface area contributed by atoms with Crippen LogP contribution in [0.3, 0.4) is 0 Å². The highest BCUT2D eigenvalue weighted by Crippen LogP contribution is 2.24. The maximum absolute atomic E-state index is 12.7. The van der Waals surface area contributed by atoms with Gasteiger partial charge in [0.25, 0.3) is 0 Å². The second-order valence-electron chi connectivity index (χ2n) is 5.42. The molecule has 2 heterocycles. The summed E-state index contributed by atoms with van der Waals surface area (Å²) in [4.78, 5) is 17.3. The van der Waals surface area contributed by atoms with Crippen molar-refractivity contribution in [1.29, 1.82) is 0 Å². The summed E-state index contributed by atoms with van der Waals surface area (Å²) in [6.07, 6.45) is 0. The summed E-state index contributed by atoms with van der Waals surface area (Å²) in [6, 6.07) is 17.4. The van der Waals surface area contributed by atoms with Gasteiger partial charge in [0.05, 0.1) is 16.7 Å². The van der Waals surface area contributed by atoms with E-state index in [1.54, 1.807) is 0 Å². The molecule has 0 aliphatic heterocycles. The number of para-hydroxylation sites is 2. The molecule has 0 aliphatic carbocycles. The van der Waals surface area contributed by atoms with E-state index in [1.165, 1.54) is 0 Å². The molecular weight excluding hydrogens is 274 g/mol. The van der Waals surface area contributed by atoms with Gasteiger partial charge in [-0.25, -0.2) is 4.98 Å². The van der Waals surface area contributed by atoms with Gasteiger partial charge in [-0.2, -0.15) is 0 Å². The molecule has 0 amide bonds. The molecule has 0 bridgehead atoms. The van der Waals surface area contributed by atoms with Crippen molar-refractivity contribution in [2.75, 3.05) is 0 Å². The number of carbonyl (C=O) groups is 1. The minimum atomic E-state index is -0.0362. The lowest BCUT2D eigenvalue weighted by atomic mass is 10.1. The Labute approximate surface area is 127 Å². The summed E-state index contributed by atoms with van der Waals surface area (Å²) in [5.74, 6) is 0.754. The van der Waals surface area contributed by atoms with Crippen molar-refractivity contribution in [1.82, 2.24) is 14.0 Å². The molecule has 2 aromatic heterocycles. The molecule has 22 heavy (non-hydrogen) atoms. The predicted molar refractivity (Wildman–Crippen MR) is 86.3 cm³/mol. The predicted octanol–water partition coefficient (Wildman–Crippen LogP) is 3.37. The quantitative estimate of drug-likeness (QED) is 0.531. The number of carbonyl (C=O) groups excluding carboxylic acids is 1. The normalized spacial score (nSPS) is 11.4. The van der Waals surface area contributed by atoms with Crippen molar-refractivity contribution >= 4 is 22.6 Å². The highest BCUT2D eigenvalue weighted by Gasteiger charge is 2.21. The van der Waals surface area contributed by atoms with Crippen LogP contribution in [-0.2, 0) is 7.05 Å². The maximum atomic E-state index is 12.7. The first-order valence-electron chi connectivity index (χ1n) is 7.20. The van der Waals surface area contributed by atoms with E-state index in [9.17, 15) is 4.79 Å². The molecule has 4 nitrogen and oxygen atoms in total. The van der Waals surface area contributed by atoms with Crippen LogP contribution in [0, 0.1) is 6.92 Å². The molecule has 4 heteroatoms. The number of imidazole rings is 2. The Kier molecular flexibility index (Phi) is 2.66. The van der Waals surface area contributed by atoms with Crippen LogP contribution in [-0.4, -0.2) is 19.7 Å². The van der Waals surface area contributed by atoms with Gasteiger partial charge in [-0.1, -0.05) is 42.5 Å². The largest absolute Gasteiger partial charge is 0.313 e. The summed E-state index contributed by atoms with van der Waals surface area (Å²) < 4.78 is 4.07. The van der Waals surface area contributed by atoms with E-state index >= 15 is 0 Å². The molecule has 0 spiro atoms. The number of fused-ring (bicyclic) bond motifs is 3. The Hall–Kier alpha value is -2.88. The lowest BCUT2D eigenvalue weighted by Gasteiger charge is -2.00. The summed E-state index contributed by atoms with van der Waals surface area (Å²) in [6.45, 7) is 1.95. The molecule has 0 radical (unpaired) electrons. The third-order valence-corrected chi connectivity index (χ3v) is 4.12. The van der Waals surface area contributed by atoms with Crippen LogP contribution < -0.4 is 0 Å². The van der Waals surface area contributed by atoms with E-state index in [4.69, 9.17) is 0 Å². The molecule has 0 atom stereocenters. The van der Waals surface area contributed by atoms with Crippen molar-refractivity contribution < 1.29 is 4.79 Å². The number of ketones is 1. The van der Waals surface area contributed by atoms with Crippen LogP contribution >= 0.6 is 0 Å². The highest BCUT2D eigenvalue weighted by molar-refractivity contribution is 6.09. The monoisotopic (exact) mass is 289 g/mol. The minimum Gasteiger partial charge on any atom is -0.313 e. The zero-order chi connectivity index (χ0) is 15.3. The van der Waals surface area contributed by atoms with Gasteiger partial charge in [0.1, 0.15) is 5.69 Å². The molecule has 0 saturated carbocycles. The lowest BCUT2D eigenvalue weighted by Crippen LogP contribution is -2.04. The van der Waals surface area contributed by atoms with Gasteiger partial charge >= 0.3 is 0 Å². The zero-order valence-electron chi connectivity index (χ0n) is 12.4. The molecule has 0 fully saturated rings. The van der Waals surface area contributed by atoms with Gasteiger partial charge in [0.2, 0.25) is 11.6 Å². The number of benzene rings is 2. The molecule has 2 aromatic carbocycles. The van der Waals surface area contributed by atoms with Crippen LogP contribution in [0.25, 0.3) is 16.8 Å². The first-order chi connectivity index (χ1) is 10.7. The summed E-state index contributed by atoms with van der Waals surface area (Å²) >= 11 is 0. The number of nitrogens with zero attached hydrogens (tertiary/aromatic N) is 3. The summed E-state index contributed by atoms with van der Waals surface area (Å²) in [5.41, 5.74) is 4.23. The molecule has 4 rings (SSSR count). The Morgan fingerprint density at radius 2 is 1.59 bits per heavy atom. The Morgan fingerprint density at radius 3 is 2.32 bits per heavy atom. The van der Waals surface area contributed by atoms with Gasteiger partial charge in [0, 0.05) is 12.6 Å². The first kappa shape index (κ1) is 12.8. The van der Waals surface area contributed by atoms with E-state index in [1.807, 2.05) is 71.5 Å². The van der Waals surface area contributed by atoms with E-state index < -0.39 is 0 Å². The Morgan fingerprint density at radius 1 is 0.955 bits per heavy atom. The minimum absolute atomic E-state index is 0.0362. The van der Waals surface area contributed by atoms with Gasteiger partial charge < -0.3 is 4.57 Å². The second kappa shape index (κ2) is 4.56. The van der Waals surface area contributed by atoms with Crippen molar-refractivity contribution in [2.45, 2.75) is 6.92 Å². The molecular formula is C18H15N3O. The van der Waals surface area contributed by atoms with Crippen molar-refractivity contribution in [3.8, 4) is 0 Å². The third-order valence-electron chi connectivity index (χ3n) is 4.12. The van der Waals surface area contributed by atoms with Gasteiger partial charge in [-0.15, -0.1) is 0 Å². The fraction of sp³-hybridized carbons (Fsp3) is 0.111. The molecule has 0 unspecified atom stereocenters. The number of aryl methyl sites for hydroxylation is 2. The molecule has 108 valence electrons. The van der Waals surface area contributed by atoms with E-state index in [2.05, 4.69) is 11.1 Å². The number of rotatable bonds is 2. The van der Waals surface area contributed by atoms with Gasteiger partial charge in [0.15, 0.2) is 0 Å². The summed E-state index contributed by atoms with van der Waals surface area (Å²) in [5, 5.41) is 0. The molecule has 4 aromatic rings. The zero-order valence-corrected chi connectivity index (χ0v) is 12.4. The smallest absolute Gasteiger partial charge is 0.215 e. The standard InChI is InChI=1S/C18H15N3O/c1-12-16(17(22)13-8-4-3-5-9-13)19-18-20(2)14-10-6-7-11-15(14)21(12)18/h3-11H,1-2H3. The second-order valence-corrected chi connectivity index (χ2v) is 5.42. The number of hydrogen-bond donors (Lipinski definition) is 0. The van der Waals surface area contributed by atoms with Crippen LogP contribution in [0.4, 0.5) is 0 Å². The molecule has 0 saturated heterocycles. The number of hydrogen-bond acceptors (Lipinski definition) is 2. The van der Waals surface area contributed by atoms with Gasteiger partial charge in [-0.3, -0.25) is 9.20 Å². The Balaban J connectivity index is 2.00. The van der Waals surface area contributed by atoms with Crippen LogP contribution in [0.15, 0.2) is 54.6 Å². The average molecular weight is 289 g/mol. The lowest BCUT2D eigenvalue weighted by molar-refractivity contribution is 0.103. The first-order valence-corrected chi connectivity index (χ1v) is 7.20. The van der Waals surface area contributed by atoms with Crippen molar-refractivity contribution in [3.05, 3.63) is 71.5 Å². The SMILES string of the molecule is Cc1c(C(=O)c2ccccc2)nc2n(C)c3ccccc3n12.